The summed E-state index contributed by atoms with van der Waals surface area (Å²) < 4.78 is 6.27. The monoisotopic (exact) mass is 259 g/mol. The van der Waals surface area contributed by atoms with Crippen molar-refractivity contribution < 1.29 is 9.53 Å². The van der Waals surface area contributed by atoms with Gasteiger partial charge in [-0.25, -0.2) is 14.3 Å². The van der Waals surface area contributed by atoms with Crippen LogP contribution in [-0.2, 0) is 4.74 Å². The molecule has 0 saturated carbocycles. The molecule has 0 fully saturated rings. The smallest absolute Gasteiger partial charge is 0.340 e. The number of rotatable bonds is 2. The molecule has 0 aliphatic rings. The summed E-state index contributed by atoms with van der Waals surface area (Å²) in [5.41, 5.74) is 0.716. The van der Waals surface area contributed by atoms with Crippen LogP contribution in [0.5, 0.6) is 0 Å². The molecule has 2 aromatic heterocycles. The van der Waals surface area contributed by atoms with Crippen molar-refractivity contribution in [2.24, 2.45) is 0 Å². The van der Waals surface area contributed by atoms with Crippen molar-refractivity contribution in [3.63, 3.8) is 0 Å². The molecule has 2 aromatic rings. The topological polar surface area (TPSA) is 56.5 Å². The summed E-state index contributed by atoms with van der Waals surface area (Å²) in [6.07, 6.45) is 1.57. The molecule has 7 heteroatoms. The first-order chi connectivity index (χ1) is 7.63. The minimum absolute atomic E-state index is 0.0171. The number of carbonyl (C=O) groups excluding carboxylic acids is 1. The van der Waals surface area contributed by atoms with Crippen LogP contribution in [0, 0.1) is 0 Å². The van der Waals surface area contributed by atoms with Gasteiger partial charge in [-0.1, -0.05) is 11.6 Å². The van der Waals surface area contributed by atoms with Gasteiger partial charge in [-0.2, -0.15) is 0 Å². The van der Waals surface area contributed by atoms with Gasteiger partial charge in [0.2, 0.25) is 5.28 Å². The standard InChI is InChI=1S/C9H7Cl2N3O2/c1-2-16-8(15)5-3-4-14-6(5)7(10)12-9(11)13-14/h3-4H,2H2,1H3. The van der Waals surface area contributed by atoms with Crippen LogP contribution in [0.2, 0.25) is 10.4 Å². The Bertz CT molecular complexity index is 553. The maximum atomic E-state index is 11.6. The largest absolute Gasteiger partial charge is 0.462 e. The van der Waals surface area contributed by atoms with Crippen molar-refractivity contribution in [3.8, 4) is 0 Å². The van der Waals surface area contributed by atoms with Crippen molar-refractivity contribution in [1.82, 2.24) is 14.6 Å². The molecule has 0 spiro atoms. The van der Waals surface area contributed by atoms with Crippen LogP contribution in [-0.4, -0.2) is 27.2 Å². The van der Waals surface area contributed by atoms with Gasteiger partial charge in [-0.15, -0.1) is 5.10 Å². The Morgan fingerprint density at radius 1 is 1.56 bits per heavy atom. The number of fused-ring (bicyclic) bond motifs is 1. The fourth-order valence-electron chi connectivity index (χ4n) is 1.33. The van der Waals surface area contributed by atoms with E-state index in [9.17, 15) is 4.79 Å². The quantitative estimate of drug-likeness (QED) is 0.777. The van der Waals surface area contributed by atoms with Gasteiger partial charge in [0.05, 0.1) is 12.2 Å². The van der Waals surface area contributed by atoms with Crippen LogP contribution >= 0.6 is 23.2 Å². The molecule has 0 unspecified atom stereocenters. The van der Waals surface area contributed by atoms with E-state index in [-0.39, 0.29) is 10.4 Å². The van der Waals surface area contributed by atoms with E-state index in [0.717, 1.165) is 0 Å². The van der Waals surface area contributed by atoms with Crippen molar-refractivity contribution in [3.05, 3.63) is 28.3 Å². The molecule has 0 bridgehead atoms. The summed E-state index contributed by atoms with van der Waals surface area (Å²) in [4.78, 5) is 15.3. The van der Waals surface area contributed by atoms with Gasteiger partial charge in [0, 0.05) is 6.20 Å². The molecule has 2 rings (SSSR count). The highest BCUT2D eigenvalue weighted by Gasteiger charge is 2.17. The number of hydrogen-bond donors (Lipinski definition) is 0. The Morgan fingerprint density at radius 2 is 2.31 bits per heavy atom. The van der Waals surface area contributed by atoms with Crippen molar-refractivity contribution in [2.45, 2.75) is 6.92 Å². The Hall–Kier alpha value is -1.33. The average Bonchev–Trinajstić information content (AvgIpc) is 2.61. The minimum Gasteiger partial charge on any atom is -0.462 e. The first kappa shape index (κ1) is 11.2. The summed E-state index contributed by atoms with van der Waals surface area (Å²) in [5.74, 6) is -0.460. The molecule has 0 amide bonds. The molecule has 0 aliphatic carbocycles. The van der Waals surface area contributed by atoms with Gasteiger partial charge >= 0.3 is 5.97 Å². The summed E-state index contributed by atoms with van der Waals surface area (Å²) in [7, 11) is 0. The maximum absolute atomic E-state index is 11.6. The van der Waals surface area contributed by atoms with Gasteiger partial charge in [-0.3, -0.25) is 0 Å². The molecule has 0 saturated heterocycles. The molecule has 0 aromatic carbocycles. The lowest BCUT2D eigenvalue weighted by Gasteiger charge is -2.01. The van der Waals surface area contributed by atoms with Crippen LogP contribution in [0.25, 0.3) is 5.52 Å². The predicted molar refractivity (Wildman–Crippen MR) is 59.0 cm³/mol. The first-order valence-corrected chi connectivity index (χ1v) is 5.26. The van der Waals surface area contributed by atoms with Gasteiger partial charge in [0.1, 0.15) is 5.52 Å². The second kappa shape index (κ2) is 4.27. The average molecular weight is 260 g/mol. The minimum atomic E-state index is -0.460. The van der Waals surface area contributed by atoms with E-state index in [2.05, 4.69) is 10.1 Å². The van der Waals surface area contributed by atoms with Crippen LogP contribution in [0.3, 0.4) is 0 Å². The highest BCUT2D eigenvalue weighted by atomic mass is 35.5. The fourth-order valence-corrected chi connectivity index (χ4v) is 1.81. The molecule has 84 valence electrons. The Kier molecular flexibility index (Phi) is 2.98. The molecule has 0 atom stereocenters. The number of halogens is 2. The third-order valence-electron chi connectivity index (χ3n) is 1.94. The molecule has 16 heavy (non-hydrogen) atoms. The Labute approximate surface area is 101 Å². The maximum Gasteiger partial charge on any atom is 0.340 e. The molecule has 0 radical (unpaired) electrons. The lowest BCUT2D eigenvalue weighted by atomic mass is 10.3. The van der Waals surface area contributed by atoms with Crippen molar-refractivity contribution >= 4 is 34.7 Å². The van der Waals surface area contributed by atoms with Crippen LogP contribution in [0.1, 0.15) is 17.3 Å². The van der Waals surface area contributed by atoms with E-state index in [4.69, 9.17) is 27.9 Å². The van der Waals surface area contributed by atoms with Gasteiger partial charge < -0.3 is 4.74 Å². The van der Waals surface area contributed by atoms with E-state index in [1.165, 1.54) is 4.52 Å². The van der Waals surface area contributed by atoms with E-state index in [1.807, 2.05) is 0 Å². The normalized spacial score (nSPS) is 10.7. The number of nitrogens with zero attached hydrogens (tertiary/aromatic N) is 3. The van der Waals surface area contributed by atoms with Crippen LogP contribution < -0.4 is 0 Å². The molecular weight excluding hydrogens is 253 g/mol. The van der Waals surface area contributed by atoms with Gasteiger partial charge in [0.25, 0.3) is 0 Å². The highest BCUT2D eigenvalue weighted by Crippen LogP contribution is 2.21. The lowest BCUT2D eigenvalue weighted by Crippen LogP contribution is -2.05. The molecule has 2 heterocycles. The van der Waals surface area contributed by atoms with Gasteiger partial charge in [0.15, 0.2) is 5.15 Å². The number of hydrogen-bond acceptors (Lipinski definition) is 4. The SMILES string of the molecule is CCOC(=O)c1ccn2nc(Cl)nc(Cl)c12. The van der Waals surface area contributed by atoms with Crippen molar-refractivity contribution in [1.29, 1.82) is 0 Å². The zero-order chi connectivity index (χ0) is 11.7. The number of esters is 1. The predicted octanol–water partition coefficient (Wildman–Crippen LogP) is 2.21. The highest BCUT2D eigenvalue weighted by molar-refractivity contribution is 6.34. The lowest BCUT2D eigenvalue weighted by molar-refractivity contribution is 0.0528. The summed E-state index contributed by atoms with van der Waals surface area (Å²) in [5, 5.41) is 4.01. The Balaban J connectivity index is 2.60. The first-order valence-electron chi connectivity index (χ1n) is 4.51. The van der Waals surface area contributed by atoms with Crippen LogP contribution in [0.15, 0.2) is 12.3 Å². The number of ether oxygens (including phenoxy) is 1. The van der Waals surface area contributed by atoms with Crippen molar-refractivity contribution in [2.75, 3.05) is 6.61 Å². The summed E-state index contributed by atoms with van der Waals surface area (Å²) in [6, 6.07) is 1.56. The third kappa shape index (κ3) is 1.83. The number of aromatic nitrogens is 3. The molecule has 0 N–H and O–H groups in total. The number of carbonyl (C=O) groups is 1. The zero-order valence-corrected chi connectivity index (χ0v) is 9.79. The van der Waals surface area contributed by atoms with E-state index in [0.29, 0.717) is 17.7 Å². The fraction of sp³-hybridized carbons (Fsp3) is 0.222. The van der Waals surface area contributed by atoms with Crippen LogP contribution in [0.4, 0.5) is 0 Å². The van der Waals surface area contributed by atoms with E-state index in [1.54, 1.807) is 19.2 Å². The summed E-state index contributed by atoms with van der Waals surface area (Å²) in [6.45, 7) is 2.02. The van der Waals surface area contributed by atoms with E-state index >= 15 is 0 Å². The summed E-state index contributed by atoms with van der Waals surface area (Å²) >= 11 is 11.5. The second-order valence-corrected chi connectivity index (χ2v) is 3.61. The van der Waals surface area contributed by atoms with Gasteiger partial charge in [-0.05, 0) is 24.6 Å². The molecular formula is C9H7Cl2N3O2. The molecule has 0 aliphatic heterocycles. The molecule has 5 nitrogen and oxygen atoms in total. The second-order valence-electron chi connectivity index (χ2n) is 2.91. The zero-order valence-electron chi connectivity index (χ0n) is 8.28. The third-order valence-corrected chi connectivity index (χ3v) is 2.36. The van der Waals surface area contributed by atoms with E-state index < -0.39 is 5.97 Å². The Morgan fingerprint density at radius 3 is 3.00 bits per heavy atom.